The molecule has 0 spiro atoms. The Hall–Kier alpha value is -5.78. The number of nitrogens with zero attached hydrogens (tertiary/aromatic N) is 6. The van der Waals surface area contributed by atoms with Crippen molar-refractivity contribution in [3.05, 3.63) is 179 Å². The van der Waals surface area contributed by atoms with E-state index in [0.717, 1.165) is 32.9 Å². The molecule has 292 valence electrons. The number of aromatic nitrogens is 4. The Morgan fingerprint density at radius 2 is 1.02 bits per heavy atom. The molecule has 0 aliphatic carbocycles. The van der Waals surface area contributed by atoms with Crippen molar-refractivity contribution in [3.8, 4) is 22.3 Å². The van der Waals surface area contributed by atoms with Crippen LogP contribution >= 0.6 is 0 Å². The number of hydrogen-bond acceptors (Lipinski definition) is 4. The molecule has 0 saturated carbocycles. The fourth-order valence-corrected chi connectivity index (χ4v) is 7.51. The van der Waals surface area contributed by atoms with Crippen LogP contribution in [0, 0.1) is 0 Å². The normalized spacial score (nSPS) is 12.1. The Morgan fingerprint density at radius 1 is 0.475 bits per heavy atom. The van der Waals surface area contributed by atoms with Crippen molar-refractivity contribution in [1.82, 2.24) is 19.9 Å². The van der Waals surface area contributed by atoms with E-state index in [9.17, 15) is 0 Å². The summed E-state index contributed by atoms with van der Waals surface area (Å²) in [6, 6.07) is 45.7. The molecule has 0 radical (unpaired) electrons. The Balaban J connectivity index is 0.000000224. The molecule has 0 fully saturated rings. The molecule has 0 unspecified atom stereocenters. The van der Waals surface area contributed by atoms with E-state index in [4.69, 9.17) is 4.99 Å². The molecule has 8 rings (SSSR count). The van der Waals surface area contributed by atoms with Crippen molar-refractivity contribution in [2.45, 2.75) is 79.1 Å². The van der Waals surface area contributed by atoms with Crippen LogP contribution in [0.1, 0.15) is 101 Å². The Kier molecular flexibility index (Phi) is 14.0. The van der Waals surface area contributed by atoms with Gasteiger partial charge < -0.3 is 20.0 Å². The SMILES string of the molecule is CC(C)c1cccc(C(C)C)c1-c1ccnc(N=c2cc(-c3c(C(C)C)cccc3C(C)C)cc[n-]2)c1.[Zn+2].c1ccc2nc(N=c3ccc4ccccc4[n-]3)ccc2c1. The Morgan fingerprint density at radius 3 is 1.64 bits per heavy atom. The average Bonchev–Trinajstić information content (AvgIpc) is 3.23. The first kappa shape index (κ1) is 42.8. The molecule has 4 aromatic carbocycles. The fraction of sp³-hybridized carbons (Fsp3) is 0.231. The van der Waals surface area contributed by atoms with Gasteiger partial charge >= 0.3 is 19.5 Å². The number of fused-ring (bicyclic) bond motifs is 2. The summed E-state index contributed by atoms with van der Waals surface area (Å²) in [5.74, 6) is 3.07. The van der Waals surface area contributed by atoms with Crippen molar-refractivity contribution in [1.29, 1.82) is 0 Å². The van der Waals surface area contributed by atoms with E-state index in [-0.39, 0.29) is 19.5 Å². The van der Waals surface area contributed by atoms with Crippen molar-refractivity contribution < 1.29 is 19.5 Å². The van der Waals surface area contributed by atoms with Crippen LogP contribution in [0.2, 0.25) is 0 Å². The van der Waals surface area contributed by atoms with Gasteiger partial charge in [0.05, 0.1) is 17.2 Å². The first-order valence-electron chi connectivity index (χ1n) is 20.4. The second kappa shape index (κ2) is 19.3. The number of rotatable bonds is 8. The minimum absolute atomic E-state index is 0. The largest absolute Gasteiger partial charge is 2.00 e. The summed E-state index contributed by atoms with van der Waals surface area (Å²) in [6.45, 7) is 18.0. The number of hydrogen-bond donors (Lipinski definition) is 0. The van der Waals surface area contributed by atoms with Crippen molar-refractivity contribution in [3.63, 3.8) is 0 Å². The molecule has 6 nitrogen and oxygen atoms in total. The maximum absolute atomic E-state index is 4.89. The first-order chi connectivity index (χ1) is 28.0. The van der Waals surface area contributed by atoms with Gasteiger partial charge in [-0.3, -0.25) is 9.97 Å². The number of pyridine rings is 4. The van der Waals surface area contributed by atoms with Gasteiger partial charge in [-0.15, -0.1) is 0 Å². The van der Waals surface area contributed by atoms with E-state index in [2.05, 4.69) is 141 Å². The number of benzene rings is 4. The standard InChI is InChI=1S/C34H40N3.C18H12N3.Zn/c1-21(2)27-11-9-12-28(22(3)4)33(27)25-15-17-35-31(19-25)37-32-20-26(16-18-36-32)34-29(23(5)6)13-10-14-30(34)24(7)8;1-3-7-15-13(5-1)9-11-17(19-15)21-18-12-10-14-6-2-4-8-16(14)20-18;/h9-24H,1-8H3;1-12H;/q2*-1;+2. The molecule has 0 amide bonds. The zero-order valence-corrected chi connectivity index (χ0v) is 38.5. The van der Waals surface area contributed by atoms with Gasteiger partial charge in [-0.05, 0) is 103 Å². The Bertz CT molecular complexity index is 2770. The van der Waals surface area contributed by atoms with E-state index in [1.54, 1.807) is 0 Å². The molecular formula is C52H52N6Zn. The maximum Gasteiger partial charge on any atom is 2.00 e. The molecule has 0 aliphatic heterocycles. The molecule has 4 heterocycles. The fourth-order valence-electron chi connectivity index (χ4n) is 7.51. The van der Waals surface area contributed by atoms with E-state index in [0.29, 0.717) is 46.3 Å². The van der Waals surface area contributed by atoms with Gasteiger partial charge in [0.1, 0.15) is 0 Å². The van der Waals surface area contributed by atoms with Crippen LogP contribution in [0.15, 0.2) is 156 Å². The smallest absolute Gasteiger partial charge is 0.443 e. The van der Waals surface area contributed by atoms with Gasteiger partial charge in [0.2, 0.25) is 0 Å². The van der Waals surface area contributed by atoms with Gasteiger partial charge in [0.15, 0.2) is 0 Å². The molecule has 0 aliphatic rings. The van der Waals surface area contributed by atoms with Crippen molar-refractivity contribution >= 4 is 33.4 Å². The molecule has 0 bridgehead atoms. The van der Waals surface area contributed by atoms with E-state index in [1.165, 1.54) is 33.4 Å². The van der Waals surface area contributed by atoms with E-state index in [1.807, 2.05) is 85.2 Å². The zero-order valence-electron chi connectivity index (χ0n) is 35.6. The summed E-state index contributed by atoms with van der Waals surface area (Å²) in [5, 5.41) is 2.23. The predicted octanol–water partition coefficient (Wildman–Crippen LogP) is 12.7. The van der Waals surface area contributed by atoms with E-state index >= 15 is 0 Å². The monoisotopic (exact) mass is 824 g/mol. The van der Waals surface area contributed by atoms with Crippen LogP contribution in [-0.4, -0.2) is 9.97 Å². The van der Waals surface area contributed by atoms with Crippen LogP contribution in [0.5, 0.6) is 0 Å². The molecule has 0 N–H and O–H groups in total. The summed E-state index contributed by atoms with van der Waals surface area (Å²) < 4.78 is 0. The molecule has 0 atom stereocenters. The first-order valence-corrected chi connectivity index (χ1v) is 20.4. The third kappa shape index (κ3) is 10.1. The third-order valence-corrected chi connectivity index (χ3v) is 10.4. The van der Waals surface area contributed by atoms with Gasteiger partial charge in [-0.1, -0.05) is 182 Å². The molecule has 59 heavy (non-hydrogen) atoms. The summed E-state index contributed by atoms with van der Waals surface area (Å²) in [7, 11) is 0. The van der Waals surface area contributed by atoms with Gasteiger partial charge in [-0.2, -0.15) is 0 Å². The minimum atomic E-state index is 0. The Labute approximate surface area is 361 Å². The van der Waals surface area contributed by atoms with Crippen LogP contribution in [0.3, 0.4) is 0 Å². The van der Waals surface area contributed by atoms with Crippen LogP contribution in [-0.2, 0) is 19.5 Å². The van der Waals surface area contributed by atoms with Crippen LogP contribution in [0.25, 0.3) is 44.1 Å². The van der Waals surface area contributed by atoms with Crippen molar-refractivity contribution in [2.24, 2.45) is 9.98 Å². The number of para-hydroxylation sites is 2. The van der Waals surface area contributed by atoms with Crippen LogP contribution < -0.4 is 20.9 Å². The molecule has 4 aromatic heterocycles. The zero-order chi connectivity index (χ0) is 40.8. The second-order valence-electron chi connectivity index (χ2n) is 16.0. The summed E-state index contributed by atoms with van der Waals surface area (Å²) in [4.78, 5) is 27.7. The minimum Gasteiger partial charge on any atom is -0.443 e. The second-order valence-corrected chi connectivity index (χ2v) is 16.0. The van der Waals surface area contributed by atoms with Gasteiger partial charge in [0, 0.05) is 11.6 Å². The van der Waals surface area contributed by atoms with Gasteiger partial charge in [-0.25, -0.2) is 0 Å². The third-order valence-electron chi connectivity index (χ3n) is 10.4. The van der Waals surface area contributed by atoms with E-state index < -0.39 is 0 Å². The molecule has 0 saturated heterocycles. The topological polar surface area (TPSA) is 78.7 Å². The molecule has 8 aromatic rings. The summed E-state index contributed by atoms with van der Waals surface area (Å²) in [6.07, 6.45) is 3.73. The van der Waals surface area contributed by atoms with Crippen LogP contribution in [0.4, 0.5) is 11.6 Å². The molecule has 7 heteroatoms. The summed E-state index contributed by atoms with van der Waals surface area (Å²) >= 11 is 0. The van der Waals surface area contributed by atoms with Crippen molar-refractivity contribution in [2.75, 3.05) is 0 Å². The summed E-state index contributed by atoms with van der Waals surface area (Å²) in [5.41, 5.74) is 13.6. The molecular weight excluding hydrogens is 774 g/mol. The predicted molar refractivity (Wildman–Crippen MR) is 241 cm³/mol. The average molecular weight is 826 g/mol. The quantitative estimate of drug-likeness (QED) is 0.143. The van der Waals surface area contributed by atoms with Gasteiger partial charge in [0.25, 0.3) is 0 Å². The maximum atomic E-state index is 4.89.